The molecule has 0 radical (unpaired) electrons. The Balaban J connectivity index is 2.20. The minimum Gasteiger partial charge on any atom is -0.493 e. The van der Waals surface area contributed by atoms with E-state index in [1.54, 1.807) is 62.4 Å². The standard InChI is InChI=1S/C23H28ClNO4/c1-17(2)25(23(28)18-11-13-20(24)14-12-18)16-19-8-5-6-9-21(19)29-15-7-3-4-10-22(26)27/h5-6,8-9,11-14,17H,3-4,7,10,15-16H2,1-2H3,(H,26,27)/i16D2. The largest absolute Gasteiger partial charge is 0.493 e. The van der Waals surface area contributed by atoms with Crippen LogP contribution in [0, 0.1) is 0 Å². The first-order chi connectivity index (χ1) is 14.6. The Bertz CT molecular complexity index is 887. The fraction of sp³-hybridized carbons (Fsp3) is 0.391. The molecule has 2 aromatic rings. The molecule has 0 spiro atoms. The highest BCUT2D eigenvalue weighted by Crippen LogP contribution is 2.23. The molecule has 0 unspecified atom stereocenters. The molecule has 0 aromatic heterocycles. The van der Waals surface area contributed by atoms with E-state index in [4.69, 9.17) is 24.2 Å². The molecule has 5 nitrogen and oxygen atoms in total. The van der Waals surface area contributed by atoms with E-state index in [-0.39, 0.29) is 12.0 Å². The number of carbonyl (C=O) groups excluding carboxylic acids is 1. The SMILES string of the molecule is [2H]C([2H])(c1ccccc1OCCCCCC(=O)O)N(C(=O)c1ccc(Cl)cc1)C(C)C. The summed E-state index contributed by atoms with van der Waals surface area (Å²) in [4.78, 5) is 25.0. The van der Waals surface area contributed by atoms with E-state index in [9.17, 15) is 9.59 Å². The van der Waals surface area contributed by atoms with Gasteiger partial charge < -0.3 is 14.7 Å². The molecule has 29 heavy (non-hydrogen) atoms. The average Bonchev–Trinajstić information content (AvgIpc) is 2.70. The van der Waals surface area contributed by atoms with Gasteiger partial charge >= 0.3 is 5.97 Å². The van der Waals surface area contributed by atoms with E-state index in [0.717, 1.165) is 0 Å². The molecular weight excluding hydrogens is 390 g/mol. The minimum atomic E-state index is -2.12. The third-order valence-electron chi connectivity index (χ3n) is 4.25. The molecule has 0 bridgehead atoms. The maximum Gasteiger partial charge on any atom is 0.303 e. The molecule has 1 N–H and O–H groups in total. The summed E-state index contributed by atoms with van der Waals surface area (Å²) in [6.07, 6.45) is 2.05. The van der Waals surface area contributed by atoms with Crippen molar-refractivity contribution in [1.82, 2.24) is 4.90 Å². The molecule has 0 heterocycles. The van der Waals surface area contributed by atoms with Crippen LogP contribution in [0.1, 0.15) is 58.2 Å². The lowest BCUT2D eigenvalue weighted by atomic mass is 10.1. The molecule has 2 aromatic carbocycles. The molecule has 0 atom stereocenters. The molecule has 2 rings (SSSR count). The highest BCUT2D eigenvalue weighted by molar-refractivity contribution is 6.30. The van der Waals surface area contributed by atoms with Crippen molar-refractivity contribution in [3.63, 3.8) is 0 Å². The monoisotopic (exact) mass is 419 g/mol. The Morgan fingerprint density at radius 1 is 1.10 bits per heavy atom. The summed E-state index contributed by atoms with van der Waals surface area (Å²) < 4.78 is 23.4. The second kappa shape index (κ2) is 11.5. The lowest BCUT2D eigenvalue weighted by Gasteiger charge is -2.28. The van der Waals surface area contributed by atoms with Crippen molar-refractivity contribution in [1.29, 1.82) is 0 Å². The van der Waals surface area contributed by atoms with Crippen molar-refractivity contribution in [2.75, 3.05) is 6.61 Å². The number of benzene rings is 2. The lowest BCUT2D eigenvalue weighted by Crippen LogP contribution is -2.36. The van der Waals surface area contributed by atoms with Crippen molar-refractivity contribution >= 4 is 23.5 Å². The van der Waals surface area contributed by atoms with Crippen LogP contribution in [-0.4, -0.2) is 34.5 Å². The van der Waals surface area contributed by atoms with Crippen molar-refractivity contribution in [3.05, 3.63) is 64.7 Å². The number of amides is 1. The quantitative estimate of drug-likeness (QED) is 0.494. The summed E-state index contributed by atoms with van der Waals surface area (Å²) in [6.45, 7) is 1.74. The Hall–Kier alpha value is -2.53. The minimum absolute atomic E-state index is 0.120. The van der Waals surface area contributed by atoms with Gasteiger partial charge in [0, 0.05) is 35.1 Å². The van der Waals surface area contributed by atoms with Gasteiger partial charge in [-0.05, 0) is 63.4 Å². The van der Waals surface area contributed by atoms with E-state index < -0.39 is 24.4 Å². The maximum atomic E-state index is 13.2. The molecule has 0 saturated heterocycles. The number of nitrogens with zero attached hydrogens (tertiary/aromatic N) is 1. The summed E-state index contributed by atoms with van der Waals surface area (Å²) >= 11 is 5.92. The number of hydrogen-bond acceptors (Lipinski definition) is 3. The maximum absolute atomic E-state index is 13.2. The van der Waals surface area contributed by atoms with E-state index in [1.807, 2.05) is 0 Å². The van der Waals surface area contributed by atoms with E-state index in [0.29, 0.717) is 42.2 Å². The number of hydrogen-bond donors (Lipinski definition) is 1. The zero-order chi connectivity index (χ0) is 23.0. The number of aliphatic carboxylic acids is 1. The molecule has 1 amide bonds. The van der Waals surface area contributed by atoms with Crippen LogP contribution in [0.15, 0.2) is 48.5 Å². The molecule has 6 heteroatoms. The summed E-state index contributed by atoms with van der Waals surface area (Å²) in [5, 5.41) is 9.20. The fourth-order valence-corrected chi connectivity index (χ4v) is 2.82. The fourth-order valence-electron chi connectivity index (χ4n) is 2.70. The van der Waals surface area contributed by atoms with Crippen LogP contribution in [-0.2, 0) is 11.3 Å². The second-order valence-corrected chi connectivity index (χ2v) is 7.37. The molecule has 0 fully saturated rings. The van der Waals surface area contributed by atoms with Gasteiger partial charge in [0.05, 0.1) is 9.35 Å². The summed E-state index contributed by atoms with van der Waals surface area (Å²) in [6, 6.07) is 12.7. The van der Waals surface area contributed by atoms with Gasteiger partial charge in [0.2, 0.25) is 0 Å². The zero-order valence-electron chi connectivity index (χ0n) is 18.7. The molecular formula is C23H28ClNO4. The van der Waals surface area contributed by atoms with Crippen LogP contribution in [0.25, 0.3) is 0 Å². The third kappa shape index (κ3) is 7.42. The smallest absolute Gasteiger partial charge is 0.303 e. The van der Waals surface area contributed by atoms with Crippen molar-refractivity contribution < 1.29 is 22.2 Å². The summed E-state index contributed by atoms with van der Waals surface area (Å²) in [5.74, 6) is -0.904. The average molecular weight is 420 g/mol. The van der Waals surface area contributed by atoms with Crippen molar-refractivity contribution in [2.24, 2.45) is 0 Å². The first-order valence-corrected chi connectivity index (χ1v) is 10.1. The summed E-state index contributed by atoms with van der Waals surface area (Å²) in [7, 11) is 0. The first-order valence-electron chi connectivity index (χ1n) is 10.7. The highest BCUT2D eigenvalue weighted by Gasteiger charge is 2.20. The number of rotatable bonds is 11. The number of carbonyl (C=O) groups is 2. The number of carboxylic acids is 1. The Labute approximate surface area is 180 Å². The molecule has 0 aliphatic heterocycles. The van der Waals surface area contributed by atoms with Crippen LogP contribution >= 0.6 is 11.6 Å². The van der Waals surface area contributed by atoms with E-state index in [1.165, 1.54) is 4.90 Å². The number of para-hydroxylation sites is 1. The Morgan fingerprint density at radius 2 is 1.79 bits per heavy atom. The molecule has 0 saturated carbocycles. The summed E-state index contributed by atoms with van der Waals surface area (Å²) in [5.41, 5.74) is 0.607. The van der Waals surface area contributed by atoms with Gasteiger partial charge in [-0.3, -0.25) is 9.59 Å². The molecule has 0 aliphatic rings. The second-order valence-electron chi connectivity index (χ2n) is 6.94. The Morgan fingerprint density at radius 3 is 2.45 bits per heavy atom. The lowest BCUT2D eigenvalue weighted by molar-refractivity contribution is -0.137. The van der Waals surface area contributed by atoms with Gasteiger partial charge in [0.15, 0.2) is 0 Å². The van der Waals surface area contributed by atoms with Crippen molar-refractivity contribution in [2.45, 2.75) is 52.1 Å². The van der Waals surface area contributed by atoms with Crippen LogP contribution < -0.4 is 4.74 Å². The number of ether oxygens (including phenoxy) is 1. The molecule has 0 aliphatic carbocycles. The van der Waals surface area contributed by atoms with Gasteiger partial charge in [0.25, 0.3) is 5.91 Å². The van der Waals surface area contributed by atoms with Gasteiger partial charge in [-0.25, -0.2) is 0 Å². The van der Waals surface area contributed by atoms with E-state index in [2.05, 4.69) is 0 Å². The van der Waals surface area contributed by atoms with E-state index >= 15 is 0 Å². The van der Waals surface area contributed by atoms with Crippen LogP contribution in [0.4, 0.5) is 0 Å². The van der Waals surface area contributed by atoms with Crippen LogP contribution in [0.3, 0.4) is 0 Å². The topological polar surface area (TPSA) is 66.8 Å². The first kappa shape index (κ1) is 19.8. The zero-order valence-corrected chi connectivity index (χ0v) is 17.5. The van der Waals surface area contributed by atoms with Gasteiger partial charge in [-0.2, -0.15) is 0 Å². The number of halogens is 1. The predicted octanol–water partition coefficient (Wildman–Crippen LogP) is 5.41. The van der Waals surface area contributed by atoms with Crippen LogP contribution in [0.5, 0.6) is 5.75 Å². The predicted molar refractivity (Wildman–Crippen MR) is 115 cm³/mol. The third-order valence-corrected chi connectivity index (χ3v) is 4.50. The van der Waals surface area contributed by atoms with Gasteiger partial charge in [-0.1, -0.05) is 29.8 Å². The highest BCUT2D eigenvalue weighted by atomic mass is 35.5. The number of carboxylic acid groups (broad SMARTS) is 1. The number of unbranched alkanes of at least 4 members (excludes halogenated alkanes) is 2. The Kier molecular flexibility index (Phi) is 7.82. The van der Waals surface area contributed by atoms with Gasteiger partial charge in [-0.15, -0.1) is 0 Å². The van der Waals surface area contributed by atoms with Crippen LogP contribution in [0.2, 0.25) is 5.02 Å². The van der Waals surface area contributed by atoms with Gasteiger partial charge in [0.1, 0.15) is 5.75 Å². The normalized spacial score (nSPS) is 12.3. The van der Waals surface area contributed by atoms with Crippen molar-refractivity contribution in [3.8, 4) is 5.75 Å². The molecule has 156 valence electrons.